The van der Waals surface area contributed by atoms with Crippen LogP contribution in [-0.2, 0) is 6.54 Å². The molecule has 0 aliphatic carbocycles. The molecule has 0 radical (unpaired) electrons. The number of nitrogens with zero attached hydrogens (tertiary/aromatic N) is 1. The number of aliphatic hydroxyl groups excluding tert-OH is 1. The number of H-pyrrole nitrogens is 1. The van der Waals surface area contributed by atoms with E-state index in [0.29, 0.717) is 22.7 Å². The highest BCUT2D eigenvalue weighted by atomic mass is 35.5. The Balaban J connectivity index is 2.05. The Kier molecular flexibility index (Phi) is 4.77. The van der Waals surface area contributed by atoms with E-state index in [1.807, 2.05) is 0 Å². The molecule has 2 rings (SSSR count). The molecule has 102 valence electrons. The van der Waals surface area contributed by atoms with Crippen molar-refractivity contribution in [3.63, 3.8) is 0 Å². The summed E-state index contributed by atoms with van der Waals surface area (Å²) in [6.07, 6.45) is 3.35. The Morgan fingerprint density at radius 1 is 1.50 bits per heavy atom. The topological polar surface area (TPSA) is 78.0 Å². The highest BCUT2D eigenvalue weighted by molar-refractivity contribution is 6.32. The van der Waals surface area contributed by atoms with Crippen LogP contribution < -0.4 is 5.32 Å². The average molecular weight is 290 g/mol. The van der Waals surface area contributed by atoms with E-state index in [1.165, 1.54) is 0 Å². The molecule has 0 saturated heterocycles. The molecule has 1 amide bonds. The number of amides is 1. The van der Waals surface area contributed by atoms with Crippen molar-refractivity contribution in [2.24, 2.45) is 0 Å². The lowest BCUT2D eigenvalue weighted by molar-refractivity contribution is 0.0951. The van der Waals surface area contributed by atoms with Crippen LogP contribution in [0.4, 0.5) is 0 Å². The van der Waals surface area contributed by atoms with E-state index < -0.39 is 0 Å². The van der Waals surface area contributed by atoms with E-state index in [0.717, 1.165) is 5.56 Å². The fourth-order valence-corrected chi connectivity index (χ4v) is 1.78. The molecule has 0 spiro atoms. The standard InChI is InChI=1S/C14H12ClN3O2/c15-13-6-12(4-3-11(13)2-1-5-19)14(20)16-7-10-8-17-18-9-10/h3-4,6,8-9,19H,5,7H2,(H,16,20)(H,17,18). The minimum absolute atomic E-state index is 0.227. The Bertz CT molecular complexity index is 657. The third-order valence-electron chi connectivity index (χ3n) is 2.54. The molecule has 0 unspecified atom stereocenters. The smallest absolute Gasteiger partial charge is 0.251 e. The highest BCUT2D eigenvalue weighted by Gasteiger charge is 2.08. The molecule has 1 heterocycles. The molecule has 0 fully saturated rings. The largest absolute Gasteiger partial charge is 0.384 e. The predicted molar refractivity (Wildman–Crippen MR) is 75.2 cm³/mol. The fourth-order valence-electron chi connectivity index (χ4n) is 1.55. The number of benzene rings is 1. The summed E-state index contributed by atoms with van der Waals surface area (Å²) in [5.41, 5.74) is 1.91. The third-order valence-corrected chi connectivity index (χ3v) is 2.85. The first-order valence-corrected chi connectivity index (χ1v) is 6.23. The minimum Gasteiger partial charge on any atom is -0.384 e. The number of aliphatic hydroxyl groups is 1. The number of rotatable bonds is 3. The van der Waals surface area contributed by atoms with Crippen molar-refractivity contribution < 1.29 is 9.90 Å². The number of carbonyl (C=O) groups excluding carboxylic acids is 1. The average Bonchev–Trinajstić information content (AvgIpc) is 2.96. The van der Waals surface area contributed by atoms with Crippen molar-refractivity contribution in [1.29, 1.82) is 0 Å². The SMILES string of the molecule is O=C(NCc1cn[nH]c1)c1ccc(C#CCO)c(Cl)c1. The lowest BCUT2D eigenvalue weighted by Crippen LogP contribution is -2.22. The molecule has 1 aromatic heterocycles. The molecule has 3 N–H and O–H groups in total. The summed E-state index contributed by atoms with van der Waals surface area (Å²) in [5.74, 6) is 4.99. The van der Waals surface area contributed by atoms with Gasteiger partial charge in [-0.2, -0.15) is 5.10 Å². The summed E-state index contributed by atoms with van der Waals surface area (Å²) < 4.78 is 0. The van der Waals surface area contributed by atoms with Crippen molar-refractivity contribution in [1.82, 2.24) is 15.5 Å². The van der Waals surface area contributed by atoms with Crippen molar-refractivity contribution in [3.8, 4) is 11.8 Å². The monoisotopic (exact) mass is 289 g/mol. The van der Waals surface area contributed by atoms with Crippen molar-refractivity contribution in [3.05, 3.63) is 52.3 Å². The Morgan fingerprint density at radius 3 is 3.00 bits per heavy atom. The van der Waals surface area contributed by atoms with E-state index in [-0.39, 0.29) is 12.5 Å². The lowest BCUT2D eigenvalue weighted by atomic mass is 10.1. The lowest BCUT2D eigenvalue weighted by Gasteiger charge is -2.05. The summed E-state index contributed by atoms with van der Waals surface area (Å²) in [6.45, 7) is 0.155. The van der Waals surface area contributed by atoms with Crippen LogP contribution in [0.2, 0.25) is 5.02 Å². The second-order valence-electron chi connectivity index (χ2n) is 3.94. The zero-order chi connectivity index (χ0) is 14.4. The Labute approximate surface area is 121 Å². The van der Waals surface area contributed by atoms with E-state index in [1.54, 1.807) is 30.6 Å². The number of hydrogen-bond acceptors (Lipinski definition) is 3. The van der Waals surface area contributed by atoms with Gasteiger partial charge < -0.3 is 10.4 Å². The van der Waals surface area contributed by atoms with Crippen molar-refractivity contribution in [2.75, 3.05) is 6.61 Å². The number of nitrogens with one attached hydrogen (secondary N) is 2. The third kappa shape index (κ3) is 3.60. The number of hydrogen-bond donors (Lipinski definition) is 3. The van der Waals surface area contributed by atoms with Gasteiger partial charge in [0.2, 0.25) is 0 Å². The maximum atomic E-state index is 11.9. The molecule has 1 aromatic carbocycles. The van der Waals surface area contributed by atoms with Crippen molar-refractivity contribution >= 4 is 17.5 Å². The molecule has 5 nitrogen and oxygen atoms in total. The minimum atomic E-state index is -0.233. The van der Waals surface area contributed by atoms with E-state index in [2.05, 4.69) is 27.4 Å². The zero-order valence-corrected chi connectivity index (χ0v) is 11.2. The summed E-state index contributed by atoms with van der Waals surface area (Å²) in [6, 6.07) is 4.84. The summed E-state index contributed by atoms with van der Waals surface area (Å²) >= 11 is 6.03. The molecular formula is C14H12ClN3O2. The van der Waals surface area contributed by atoms with Gasteiger partial charge in [-0.1, -0.05) is 23.4 Å². The predicted octanol–water partition coefficient (Wildman–Crippen LogP) is 1.34. The molecule has 0 atom stereocenters. The number of aromatic amines is 1. The van der Waals surface area contributed by atoms with Crippen LogP contribution in [0.3, 0.4) is 0 Å². The van der Waals surface area contributed by atoms with Crippen LogP contribution in [0.25, 0.3) is 0 Å². The molecule has 20 heavy (non-hydrogen) atoms. The van der Waals surface area contributed by atoms with Crippen LogP contribution in [0.1, 0.15) is 21.5 Å². The maximum Gasteiger partial charge on any atom is 0.251 e. The second-order valence-corrected chi connectivity index (χ2v) is 4.35. The van der Waals surface area contributed by atoms with Gasteiger partial charge in [0.15, 0.2) is 0 Å². The van der Waals surface area contributed by atoms with Gasteiger partial charge in [-0.15, -0.1) is 0 Å². The van der Waals surface area contributed by atoms with E-state index in [9.17, 15) is 4.79 Å². The van der Waals surface area contributed by atoms with Gasteiger partial charge in [0.1, 0.15) is 6.61 Å². The van der Waals surface area contributed by atoms with Gasteiger partial charge in [-0.3, -0.25) is 9.89 Å². The van der Waals surface area contributed by atoms with Crippen molar-refractivity contribution in [2.45, 2.75) is 6.54 Å². The molecule has 0 saturated carbocycles. The van der Waals surface area contributed by atoms with Crippen LogP contribution >= 0.6 is 11.6 Å². The number of carbonyl (C=O) groups is 1. The molecule has 0 aliphatic rings. The van der Waals surface area contributed by atoms with Gasteiger partial charge in [0, 0.05) is 29.4 Å². The first kappa shape index (κ1) is 14.1. The zero-order valence-electron chi connectivity index (χ0n) is 10.5. The number of aromatic nitrogens is 2. The first-order chi connectivity index (χ1) is 9.70. The van der Waals surface area contributed by atoms with Gasteiger partial charge >= 0.3 is 0 Å². The Hall–Kier alpha value is -2.29. The van der Waals surface area contributed by atoms with Crippen LogP contribution in [0.5, 0.6) is 0 Å². The van der Waals surface area contributed by atoms with E-state index >= 15 is 0 Å². The molecule has 2 aromatic rings. The normalized spacial score (nSPS) is 9.70. The summed E-state index contributed by atoms with van der Waals surface area (Å²) in [4.78, 5) is 11.9. The summed E-state index contributed by atoms with van der Waals surface area (Å²) in [7, 11) is 0. The maximum absolute atomic E-state index is 11.9. The van der Waals surface area contributed by atoms with Crippen LogP contribution in [0, 0.1) is 11.8 Å². The Morgan fingerprint density at radius 2 is 2.35 bits per heavy atom. The molecule has 0 bridgehead atoms. The molecular weight excluding hydrogens is 278 g/mol. The van der Waals surface area contributed by atoms with E-state index in [4.69, 9.17) is 16.7 Å². The molecule has 0 aliphatic heterocycles. The van der Waals surface area contributed by atoms with Crippen LogP contribution in [0.15, 0.2) is 30.6 Å². The fraction of sp³-hybridized carbons (Fsp3) is 0.143. The van der Waals surface area contributed by atoms with Gasteiger partial charge in [0.25, 0.3) is 5.91 Å². The second kappa shape index (κ2) is 6.75. The van der Waals surface area contributed by atoms with Gasteiger partial charge in [0.05, 0.1) is 11.2 Å². The summed E-state index contributed by atoms with van der Waals surface area (Å²) in [5, 5.41) is 18.2. The van der Waals surface area contributed by atoms with Gasteiger partial charge in [-0.05, 0) is 18.2 Å². The van der Waals surface area contributed by atoms with Crippen LogP contribution in [-0.4, -0.2) is 27.8 Å². The quantitative estimate of drug-likeness (QED) is 0.746. The number of halogens is 1. The first-order valence-electron chi connectivity index (χ1n) is 5.86. The van der Waals surface area contributed by atoms with Gasteiger partial charge in [-0.25, -0.2) is 0 Å². The molecule has 6 heteroatoms. The highest BCUT2D eigenvalue weighted by Crippen LogP contribution is 2.17.